The van der Waals surface area contributed by atoms with Crippen LogP contribution < -0.4 is 10.6 Å². The molecule has 1 aromatic heterocycles. The van der Waals surface area contributed by atoms with Crippen molar-refractivity contribution in [3.8, 4) is 5.75 Å². The Labute approximate surface area is 142 Å². The maximum Gasteiger partial charge on any atom is 0.433 e. The minimum Gasteiger partial charge on any atom is -0.508 e. The minimum absolute atomic E-state index is 0.0309. The molecule has 0 amide bonds. The summed E-state index contributed by atoms with van der Waals surface area (Å²) in [5.41, 5.74) is -0.648. The number of hydrogen-bond acceptors (Lipinski definition) is 6. The maximum atomic E-state index is 13.1. The first-order valence-electron chi connectivity index (χ1n) is 7.58. The molecule has 0 aliphatic carbocycles. The summed E-state index contributed by atoms with van der Waals surface area (Å²) in [6.07, 6.45) is -4.64. The van der Waals surface area contributed by atoms with Crippen LogP contribution in [0.2, 0.25) is 0 Å². The second-order valence-corrected chi connectivity index (χ2v) is 5.81. The van der Waals surface area contributed by atoms with Gasteiger partial charge in [0.05, 0.1) is 12.6 Å². The van der Waals surface area contributed by atoms with Gasteiger partial charge in [-0.2, -0.15) is 18.2 Å². The Morgan fingerprint density at radius 2 is 1.76 bits per heavy atom. The van der Waals surface area contributed by atoms with Crippen molar-refractivity contribution in [3.05, 3.63) is 36.0 Å². The highest BCUT2D eigenvalue weighted by molar-refractivity contribution is 5.58. The van der Waals surface area contributed by atoms with Gasteiger partial charge in [0, 0.05) is 11.8 Å². The van der Waals surface area contributed by atoms with E-state index in [0.29, 0.717) is 5.69 Å². The van der Waals surface area contributed by atoms with Crippen LogP contribution >= 0.6 is 0 Å². The smallest absolute Gasteiger partial charge is 0.433 e. The average Bonchev–Trinajstić information content (AvgIpc) is 2.53. The van der Waals surface area contributed by atoms with Crippen molar-refractivity contribution in [3.63, 3.8) is 0 Å². The van der Waals surface area contributed by atoms with Crippen LogP contribution in [0.4, 0.5) is 30.6 Å². The lowest BCUT2D eigenvalue weighted by atomic mass is 10.1. The Hall–Kier alpha value is -2.55. The molecule has 0 saturated heterocycles. The van der Waals surface area contributed by atoms with E-state index in [2.05, 4.69) is 20.6 Å². The Bertz CT molecular complexity index is 706. The van der Waals surface area contributed by atoms with Crippen molar-refractivity contribution in [1.29, 1.82) is 0 Å². The number of halogens is 3. The lowest BCUT2D eigenvalue weighted by Gasteiger charge is -2.21. The van der Waals surface area contributed by atoms with Crippen LogP contribution in [0.25, 0.3) is 0 Å². The Kier molecular flexibility index (Phi) is 5.68. The van der Waals surface area contributed by atoms with Crippen molar-refractivity contribution in [2.75, 3.05) is 17.2 Å². The molecular weight excluding hydrogens is 337 g/mol. The third kappa shape index (κ3) is 5.21. The lowest BCUT2D eigenvalue weighted by Crippen LogP contribution is -2.30. The SMILES string of the molecule is CC(C)[C@H](CO)Nc1nc(Nc2ccc(O)cc2)cc(C(F)(F)F)n1. The van der Waals surface area contributed by atoms with Crippen LogP contribution in [-0.4, -0.2) is 32.8 Å². The second kappa shape index (κ2) is 7.56. The van der Waals surface area contributed by atoms with Gasteiger partial charge in [0.25, 0.3) is 0 Å². The molecule has 0 fully saturated rings. The van der Waals surface area contributed by atoms with E-state index in [1.807, 2.05) is 13.8 Å². The summed E-state index contributed by atoms with van der Waals surface area (Å²) in [7, 11) is 0. The van der Waals surface area contributed by atoms with Gasteiger partial charge >= 0.3 is 6.18 Å². The predicted molar refractivity (Wildman–Crippen MR) is 87.8 cm³/mol. The number of phenolic OH excluding ortho intramolecular Hbond substituents is 1. The molecule has 4 N–H and O–H groups in total. The molecule has 2 rings (SSSR count). The van der Waals surface area contributed by atoms with E-state index >= 15 is 0 Å². The molecule has 1 heterocycles. The van der Waals surface area contributed by atoms with Crippen molar-refractivity contribution < 1.29 is 23.4 Å². The van der Waals surface area contributed by atoms with Gasteiger partial charge < -0.3 is 20.8 Å². The van der Waals surface area contributed by atoms with Gasteiger partial charge in [0.15, 0.2) is 5.69 Å². The molecule has 25 heavy (non-hydrogen) atoms. The molecule has 0 aliphatic heterocycles. The van der Waals surface area contributed by atoms with E-state index in [1.165, 1.54) is 24.3 Å². The summed E-state index contributed by atoms with van der Waals surface area (Å²) in [4.78, 5) is 7.52. The largest absolute Gasteiger partial charge is 0.508 e. The first-order chi connectivity index (χ1) is 11.7. The average molecular weight is 356 g/mol. The highest BCUT2D eigenvalue weighted by atomic mass is 19.4. The monoisotopic (exact) mass is 356 g/mol. The van der Waals surface area contributed by atoms with Gasteiger partial charge in [0.2, 0.25) is 5.95 Å². The molecule has 0 spiro atoms. The molecule has 6 nitrogen and oxygen atoms in total. The Morgan fingerprint density at radius 1 is 1.12 bits per heavy atom. The number of anilines is 3. The molecule has 1 aromatic carbocycles. The number of benzene rings is 1. The highest BCUT2D eigenvalue weighted by Crippen LogP contribution is 2.31. The number of aromatic nitrogens is 2. The predicted octanol–water partition coefficient (Wildman–Crippen LogP) is 3.37. The number of nitrogens with zero attached hydrogens (tertiary/aromatic N) is 2. The van der Waals surface area contributed by atoms with Gasteiger partial charge in [-0.3, -0.25) is 0 Å². The number of alkyl halides is 3. The van der Waals surface area contributed by atoms with Crippen molar-refractivity contribution >= 4 is 17.5 Å². The standard InChI is InChI=1S/C16H19F3N4O2/c1-9(2)12(8-24)21-15-22-13(16(17,18)19)7-14(23-15)20-10-3-5-11(25)6-4-10/h3-7,9,12,24-25H,8H2,1-2H3,(H2,20,21,22,23)/t12-/m0/s1. The zero-order chi connectivity index (χ0) is 18.6. The molecule has 0 radical (unpaired) electrons. The van der Waals surface area contributed by atoms with E-state index in [0.717, 1.165) is 6.07 Å². The molecule has 0 aliphatic rings. The van der Waals surface area contributed by atoms with Crippen molar-refractivity contribution in [2.45, 2.75) is 26.1 Å². The van der Waals surface area contributed by atoms with Crippen molar-refractivity contribution in [1.82, 2.24) is 9.97 Å². The number of hydrogen-bond donors (Lipinski definition) is 4. The molecule has 2 aromatic rings. The van der Waals surface area contributed by atoms with Gasteiger partial charge in [-0.1, -0.05) is 13.8 Å². The van der Waals surface area contributed by atoms with E-state index in [1.54, 1.807) is 0 Å². The first-order valence-corrected chi connectivity index (χ1v) is 7.58. The number of aliphatic hydroxyl groups excluding tert-OH is 1. The topological polar surface area (TPSA) is 90.3 Å². The summed E-state index contributed by atoms with van der Waals surface area (Å²) in [5.74, 6) is -0.286. The van der Waals surface area contributed by atoms with Crippen molar-refractivity contribution in [2.24, 2.45) is 5.92 Å². The zero-order valence-electron chi connectivity index (χ0n) is 13.7. The van der Waals surface area contributed by atoms with Crippen LogP contribution in [0, 0.1) is 5.92 Å². The van der Waals surface area contributed by atoms with E-state index in [-0.39, 0.29) is 30.0 Å². The second-order valence-electron chi connectivity index (χ2n) is 5.81. The Morgan fingerprint density at radius 3 is 2.28 bits per heavy atom. The van der Waals surface area contributed by atoms with Gasteiger partial charge in [-0.15, -0.1) is 0 Å². The molecule has 0 unspecified atom stereocenters. The van der Waals surface area contributed by atoms with E-state index in [4.69, 9.17) is 0 Å². The quantitative estimate of drug-likeness (QED) is 0.594. The fourth-order valence-corrected chi connectivity index (χ4v) is 2.00. The number of phenols is 1. The minimum atomic E-state index is -4.64. The molecule has 1 atom stereocenters. The third-order valence-corrected chi connectivity index (χ3v) is 3.47. The summed E-state index contributed by atoms with van der Waals surface area (Å²) in [6, 6.07) is 6.11. The molecule has 0 saturated carbocycles. The normalized spacial score (nSPS) is 12.9. The fraction of sp³-hybridized carbons (Fsp3) is 0.375. The van der Waals surface area contributed by atoms with E-state index < -0.39 is 17.9 Å². The molecule has 9 heteroatoms. The fourth-order valence-electron chi connectivity index (χ4n) is 2.00. The van der Waals surface area contributed by atoms with Gasteiger partial charge in [-0.05, 0) is 30.2 Å². The lowest BCUT2D eigenvalue weighted by molar-refractivity contribution is -0.141. The number of aromatic hydroxyl groups is 1. The van der Waals surface area contributed by atoms with Crippen LogP contribution in [0.15, 0.2) is 30.3 Å². The molecular formula is C16H19F3N4O2. The van der Waals surface area contributed by atoms with Crippen LogP contribution in [-0.2, 0) is 6.18 Å². The summed E-state index contributed by atoms with van der Waals surface area (Å²) in [5, 5.41) is 24.1. The van der Waals surface area contributed by atoms with Crippen LogP contribution in [0.3, 0.4) is 0 Å². The highest BCUT2D eigenvalue weighted by Gasteiger charge is 2.34. The summed E-state index contributed by atoms with van der Waals surface area (Å²) in [6.45, 7) is 3.37. The van der Waals surface area contributed by atoms with Crippen LogP contribution in [0.1, 0.15) is 19.5 Å². The number of rotatable bonds is 6. The summed E-state index contributed by atoms with van der Waals surface area (Å²) >= 11 is 0. The third-order valence-electron chi connectivity index (χ3n) is 3.47. The van der Waals surface area contributed by atoms with Gasteiger partial charge in [-0.25, -0.2) is 4.98 Å². The van der Waals surface area contributed by atoms with Gasteiger partial charge in [0.1, 0.15) is 11.6 Å². The summed E-state index contributed by atoms with van der Waals surface area (Å²) < 4.78 is 39.3. The van der Waals surface area contributed by atoms with Crippen LogP contribution in [0.5, 0.6) is 5.75 Å². The number of nitrogens with one attached hydrogen (secondary N) is 2. The maximum absolute atomic E-state index is 13.1. The van der Waals surface area contributed by atoms with E-state index in [9.17, 15) is 23.4 Å². The molecule has 136 valence electrons. The zero-order valence-corrected chi connectivity index (χ0v) is 13.7. The number of aliphatic hydroxyl groups is 1. The Balaban J connectivity index is 2.34. The molecule has 0 bridgehead atoms. The first kappa shape index (κ1) is 18.8.